The monoisotopic (exact) mass is 229 g/mol. The predicted octanol–water partition coefficient (Wildman–Crippen LogP) is 3.24. The third-order valence-corrected chi connectivity index (χ3v) is 3.94. The summed E-state index contributed by atoms with van der Waals surface area (Å²) in [6.07, 6.45) is 0. The molecule has 1 unspecified atom stereocenters. The molecule has 0 aromatic carbocycles. The fraction of sp³-hybridized carbons (Fsp3) is 0.727. The van der Waals surface area contributed by atoms with Crippen LogP contribution in [0.15, 0.2) is 0 Å². The molecular weight excluding hydrogens is 209 g/mol. The van der Waals surface area contributed by atoms with Crippen LogP contribution >= 0.6 is 20.6 Å². The minimum Gasteiger partial charge on any atom is -0.244 e. The summed E-state index contributed by atoms with van der Waals surface area (Å²) in [6.45, 7) is 13.3. The van der Waals surface area contributed by atoms with Gasteiger partial charge >= 0.3 is 0 Å². The molecular formula is C11H20NPS. The summed E-state index contributed by atoms with van der Waals surface area (Å²) in [5.74, 6) is 0. The summed E-state index contributed by atoms with van der Waals surface area (Å²) < 4.78 is 1.28. The molecule has 0 spiro atoms. The maximum atomic E-state index is 4.75. The highest BCUT2D eigenvalue weighted by atomic mass is 32.1. The highest BCUT2D eigenvalue weighted by molar-refractivity contribution is 7.43. The number of hydrogen-bond acceptors (Lipinski definition) is 2. The van der Waals surface area contributed by atoms with Gasteiger partial charge in [0.1, 0.15) is 0 Å². The lowest BCUT2D eigenvalue weighted by Gasteiger charge is -2.17. The average Bonchev–Trinajstić information content (AvgIpc) is 2.27. The van der Waals surface area contributed by atoms with Crippen LogP contribution in [0.1, 0.15) is 52.2 Å². The molecule has 0 N–H and O–H groups in total. The van der Waals surface area contributed by atoms with E-state index in [1.165, 1.54) is 15.3 Å². The van der Waals surface area contributed by atoms with Crippen LogP contribution < -0.4 is 4.62 Å². The Morgan fingerprint density at radius 2 is 1.50 bits per heavy atom. The van der Waals surface area contributed by atoms with Gasteiger partial charge in [0, 0.05) is 15.4 Å². The minimum atomic E-state index is 0.150. The molecule has 1 nitrogen and oxygen atoms in total. The summed E-state index contributed by atoms with van der Waals surface area (Å²) in [5, 5.41) is 1.23. The number of aromatic nitrogens is 1. The second-order valence-electron chi connectivity index (χ2n) is 5.73. The predicted molar refractivity (Wildman–Crippen MR) is 68.9 cm³/mol. The quantitative estimate of drug-likeness (QED) is 0.622. The van der Waals surface area contributed by atoms with E-state index in [0.29, 0.717) is 0 Å². The topological polar surface area (TPSA) is 12.9 Å². The van der Waals surface area contributed by atoms with Crippen LogP contribution in [0.25, 0.3) is 0 Å². The first-order valence-electron chi connectivity index (χ1n) is 4.89. The van der Waals surface area contributed by atoms with Gasteiger partial charge in [-0.1, -0.05) is 50.8 Å². The van der Waals surface area contributed by atoms with Crippen molar-refractivity contribution in [1.29, 1.82) is 0 Å². The first-order chi connectivity index (χ1) is 6.12. The van der Waals surface area contributed by atoms with Gasteiger partial charge in [-0.2, -0.15) is 0 Å². The molecule has 3 heteroatoms. The summed E-state index contributed by atoms with van der Waals surface area (Å²) in [5.41, 5.74) is 1.54. The van der Waals surface area contributed by atoms with Crippen molar-refractivity contribution in [3.8, 4) is 0 Å². The molecule has 1 aromatic rings. The molecule has 14 heavy (non-hydrogen) atoms. The molecule has 0 saturated heterocycles. The highest BCUT2D eigenvalue weighted by Crippen LogP contribution is 2.30. The van der Waals surface area contributed by atoms with E-state index < -0.39 is 0 Å². The molecule has 1 heterocycles. The molecule has 1 aromatic heterocycles. The fourth-order valence-corrected chi connectivity index (χ4v) is 3.12. The van der Waals surface area contributed by atoms with Crippen LogP contribution in [-0.2, 0) is 10.8 Å². The van der Waals surface area contributed by atoms with E-state index >= 15 is 0 Å². The smallest absolute Gasteiger partial charge is 0.0988 e. The Morgan fingerprint density at radius 1 is 1.00 bits per heavy atom. The van der Waals surface area contributed by atoms with Crippen molar-refractivity contribution in [2.24, 2.45) is 0 Å². The first-order valence-corrected chi connectivity index (χ1v) is 6.29. The molecule has 0 bridgehead atoms. The second kappa shape index (κ2) is 3.57. The van der Waals surface area contributed by atoms with Gasteiger partial charge in [0.15, 0.2) is 0 Å². The SMILES string of the molecule is CC(C)(C)c1nc(C(C)(C)C)c(P)s1. The third kappa shape index (κ3) is 2.55. The number of hydrogen-bond donors (Lipinski definition) is 0. The highest BCUT2D eigenvalue weighted by Gasteiger charge is 2.25. The Hall–Kier alpha value is 0.0600. The molecule has 0 amide bonds. The average molecular weight is 229 g/mol. The fourth-order valence-electron chi connectivity index (χ4n) is 1.19. The molecule has 0 aliphatic heterocycles. The summed E-state index contributed by atoms with van der Waals surface area (Å²) in [7, 11) is 2.81. The summed E-state index contributed by atoms with van der Waals surface area (Å²) in [4.78, 5) is 4.75. The van der Waals surface area contributed by atoms with E-state index in [1.54, 1.807) is 11.3 Å². The van der Waals surface area contributed by atoms with Crippen LogP contribution in [0, 0.1) is 0 Å². The van der Waals surface area contributed by atoms with Crippen molar-refractivity contribution < 1.29 is 0 Å². The molecule has 0 saturated carbocycles. The van der Waals surface area contributed by atoms with E-state index in [2.05, 4.69) is 50.8 Å². The molecule has 0 aliphatic carbocycles. The Bertz CT molecular complexity index is 328. The largest absolute Gasteiger partial charge is 0.244 e. The van der Waals surface area contributed by atoms with Crippen molar-refractivity contribution in [2.75, 3.05) is 0 Å². The lowest BCUT2D eigenvalue weighted by molar-refractivity contribution is 0.549. The zero-order valence-corrected chi connectivity index (χ0v) is 11.9. The van der Waals surface area contributed by atoms with Gasteiger partial charge < -0.3 is 0 Å². The summed E-state index contributed by atoms with van der Waals surface area (Å²) >= 11 is 1.80. The van der Waals surface area contributed by atoms with Crippen LogP contribution in [-0.4, -0.2) is 4.98 Å². The lowest BCUT2D eigenvalue weighted by Crippen LogP contribution is -2.18. The molecule has 0 fully saturated rings. The Kier molecular flexibility index (Phi) is 3.10. The zero-order chi connectivity index (χ0) is 11.1. The Morgan fingerprint density at radius 3 is 1.71 bits per heavy atom. The van der Waals surface area contributed by atoms with Gasteiger partial charge in [-0.25, -0.2) is 4.98 Å². The third-order valence-electron chi connectivity index (χ3n) is 2.01. The molecule has 1 rings (SSSR count). The van der Waals surface area contributed by atoms with Crippen molar-refractivity contribution >= 4 is 25.2 Å². The number of nitrogens with zero attached hydrogens (tertiary/aromatic N) is 1. The molecule has 0 radical (unpaired) electrons. The molecule has 80 valence electrons. The van der Waals surface area contributed by atoms with Gasteiger partial charge in [-0.15, -0.1) is 11.3 Å². The van der Waals surface area contributed by atoms with E-state index in [-0.39, 0.29) is 10.8 Å². The van der Waals surface area contributed by atoms with E-state index in [0.717, 1.165) is 0 Å². The number of rotatable bonds is 0. The van der Waals surface area contributed by atoms with Gasteiger partial charge in [-0.3, -0.25) is 0 Å². The maximum Gasteiger partial charge on any atom is 0.0988 e. The van der Waals surface area contributed by atoms with E-state index in [4.69, 9.17) is 4.98 Å². The Balaban J connectivity index is 3.19. The zero-order valence-electron chi connectivity index (χ0n) is 9.93. The standard InChI is InChI=1S/C11H20NPS/c1-10(2,3)7-8(13)14-9(12-7)11(4,5)6/h13H2,1-6H3. The van der Waals surface area contributed by atoms with Crippen molar-refractivity contribution in [1.82, 2.24) is 4.98 Å². The van der Waals surface area contributed by atoms with Crippen molar-refractivity contribution in [3.05, 3.63) is 10.7 Å². The molecule has 1 atom stereocenters. The maximum absolute atomic E-state index is 4.75. The van der Waals surface area contributed by atoms with E-state index in [1.807, 2.05) is 0 Å². The van der Waals surface area contributed by atoms with Crippen LogP contribution in [0.3, 0.4) is 0 Å². The minimum absolute atomic E-state index is 0.150. The van der Waals surface area contributed by atoms with Gasteiger partial charge in [0.05, 0.1) is 10.7 Å². The van der Waals surface area contributed by atoms with E-state index in [9.17, 15) is 0 Å². The first kappa shape index (κ1) is 12.1. The van der Waals surface area contributed by atoms with Gasteiger partial charge in [-0.05, 0) is 0 Å². The van der Waals surface area contributed by atoms with Crippen LogP contribution in [0.5, 0.6) is 0 Å². The van der Waals surface area contributed by atoms with Crippen molar-refractivity contribution in [3.63, 3.8) is 0 Å². The van der Waals surface area contributed by atoms with Crippen LogP contribution in [0.4, 0.5) is 0 Å². The van der Waals surface area contributed by atoms with Crippen molar-refractivity contribution in [2.45, 2.75) is 52.4 Å². The normalized spacial score (nSPS) is 13.4. The molecule has 0 aliphatic rings. The second-order valence-corrected chi connectivity index (χ2v) is 7.76. The summed E-state index contributed by atoms with van der Waals surface area (Å²) in [6, 6.07) is 0. The number of thiazole rings is 1. The van der Waals surface area contributed by atoms with Gasteiger partial charge in [0.2, 0.25) is 0 Å². The van der Waals surface area contributed by atoms with Crippen LogP contribution in [0.2, 0.25) is 0 Å². The van der Waals surface area contributed by atoms with Gasteiger partial charge in [0.25, 0.3) is 0 Å². The lowest BCUT2D eigenvalue weighted by atomic mass is 9.92. The Labute approximate surface area is 93.5 Å².